The Bertz CT molecular complexity index is 305. The van der Waals surface area contributed by atoms with Gasteiger partial charge in [0.25, 0.3) is 0 Å². The first kappa shape index (κ1) is 14.0. The smallest absolute Gasteiger partial charge is 0.333 e. The van der Waals surface area contributed by atoms with Crippen molar-refractivity contribution in [2.24, 2.45) is 11.8 Å². The van der Waals surface area contributed by atoms with Gasteiger partial charge in [-0.1, -0.05) is 19.1 Å². The fourth-order valence-corrected chi connectivity index (χ4v) is 1.89. The molecule has 2 atom stereocenters. The SMILES string of the molecule is COC(=O)C(C)=CCOCC1CC=CCC1C. The lowest BCUT2D eigenvalue weighted by Crippen LogP contribution is -2.19. The molecule has 1 rings (SSSR count). The highest BCUT2D eigenvalue weighted by atomic mass is 16.5. The number of hydrogen-bond donors (Lipinski definition) is 0. The van der Waals surface area contributed by atoms with Crippen LogP contribution in [0.15, 0.2) is 23.8 Å². The Balaban J connectivity index is 2.24. The van der Waals surface area contributed by atoms with E-state index in [2.05, 4.69) is 23.8 Å². The summed E-state index contributed by atoms with van der Waals surface area (Å²) >= 11 is 0. The minimum atomic E-state index is -0.289. The van der Waals surface area contributed by atoms with Gasteiger partial charge in [0.2, 0.25) is 0 Å². The van der Waals surface area contributed by atoms with E-state index in [1.165, 1.54) is 7.11 Å². The molecule has 0 amide bonds. The summed E-state index contributed by atoms with van der Waals surface area (Å²) in [6.07, 6.45) is 8.48. The second-order valence-electron chi connectivity index (χ2n) is 4.60. The lowest BCUT2D eigenvalue weighted by Gasteiger charge is -2.24. The van der Waals surface area contributed by atoms with Crippen molar-refractivity contribution in [2.75, 3.05) is 20.3 Å². The van der Waals surface area contributed by atoms with Gasteiger partial charge in [0.05, 0.1) is 20.3 Å². The normalized spacial score (nSPS) is 24.8. The molecule has 0 radical (unpaired) electrons. The first-order valence-corrected chi connectivity index (χ1v) is 6.13. The molecule has 0 aromatic heterocycles. The standard InChI is InChI=1S/C14H22O3/c1-11-6-4-5-7-13(11)10-17-9-8-12(2)14(15)16-3/h4-5,8,11,13H,6-7,9-10H2,1-3H3. The van der Waals surface area contributed by atoms with Crippen molar-refractivity contribution in [1.29, 1.82) is 0 Å². The predicted octanol–water partition coefficient (Wildman–Crippen LogP) is 2.72. The van der Waals surface area contributed by atoms with E-state index in [-0.39, 0.29) is 5.97 Å². The van der Waals surface area contributed by atoms with Crippen LogP contribution in [0.1, 0.15) is 26.7 Å². The molecule has 0 aromatic carbocycles. The average molecular weight is 238 g/mol. The zero-order valence-electron chi connectivity index (χ0n) is 10.9. The second kappa shape index (κ2) is 7.28. The van der Waals surface area contributed by atoms with Crippen LogP contribution in [0.4, 0.5) is 0 Å². The highest BCUT2D eigenvalue weighted by molar-refractivity contribution is 5.87. The van der Waals surface area contributed by atoms with Crippen LogP contribution < -0.4 is 0 Å². The Kier molecular flexibility index (Phi) is 5.98. The highest BCUT2D eigenvalue weighted by Crippen LogP contribution is 2.24. The average Bonchev–Trinajstić information content (AvgIpc) is 2.35. The third kappa shape index (κ3) is 4.73. The molecule has 0 spiro atoms. The van der Waals surface area contributed by atoms with E-state index >= 15 is 0 Å². The third-order valence-corrected chi connectivity index (χ3v) is 3.26. The molecule has 0 saturated heterocycles. The van der Waals surface area contributed by atoms with Crippen LogP contribution in [-0.4, -0.2) is 26.3 Å². The Morgan fingerprint density at radius 3 is 2.76 bits per heavy atom. The molecule has 0 heterocycles. The Morgan fingerprint density at radius 2 is 2.12 bits per heavy atom. The van der Waals surface area contributed by atoms with Crippen LogP contribution in [0.25, 0.3) is 0 Å². The predicted molar refractivity (Wildman–Crippen MR) is 67.6 cm³/mol. The first-order chi connectivity index (χ1) is 8.15. The highest BCUT2D eigenvalue weighted by Gasteiger charge is 2.17. The largest absolute Gasteiger partial charge is 0.466 e. The van der Waals surface area contributed by atoms with Crippen LogP contribution in [-0.2, 0) is 14.3 Å². The maximum atomic E-state index is 11.1. The zero-order chi connectivity index (χ0) is 12.7. The van der Waals surface area contributed by atoms with E-state index in [1.54, 1.807) is 13.0 Å². The summed E-state index contributed by atoms with van der Waals surface area (Å²) < 4.78 is 10.2. The molecule has 3 nitrogen and oxygen atoms in total. The third-order valence-electron chi connectivity index (χ3n) is 3.26. The van der Waals surface area contributed by atoms with E-state index in [0.717, 1.165) is 19.4 Å². The number of carbonyl (C=O) groups excluding carboxylic acids is 1. The van der Waals surface area contributed by atoms with Crippen LogP contribution >= 0.6 is 0 Å². The maximum absolute atomic E-state index is 11.1. The summed E-state index contributed by atoms with van der Waals surface area (Å²) in [6, 6.07) is 0. The van der Waals surface area contributed by atoms with Gasteiger partial charge < -0.3 is 9.47 Å². The zero-order valence-corrected chi connectivity index (χ0v) is 10.9. The first-order valence-electron chi connectivity index (χ1n) is 6.13. The molecular formula is C14H22O3. The molecule has 96 valence electrons. The number of allylic oxidation sites excluding steroid dienone is 2. The number of esters is 1. The van der Waals surface area contributed by atoms with E-state index in [9.17, 15) is 4.79 Å². The van der Waals surface area contributed by atoms with Crippen LogP contribution in [0, 0.1) is 11.8 Å². The Hall–Kier alpha value is -1.09. The van der Waals surface area contributed by atoms with Crippen molar-refractivity contribution < 1.29 is 14.3 Å². The summed E-state index contributed by atoms with van der Waals surface area (Å²) in [5, 5.41) is 0. The van der Waals surface area contributed by atoms with Gasteiger partial charge in [-0.05, 0) is 37.7 Å². The fraction of sp³-hybridized carbons (Fsp3) is 0.643. The summed E-state index contributed by atoms with van der Waals surface area (Å²) in [5.74, 6) is 1.00. The summed E-state index contributed by atoms with van der Waals surface area (Å²) in [7, 11) is 1.39. The van der Waals surface area contributed by atoms with Crippen molar-refractivity contribution in [3.8, 4) is 0 Å². The molecule has 3 heteroatoms. The maximum Gasteiger partial charge on any atom is 0.333 e. The molecule has 0 aromatic rings. The molecule has 1 aliphatic rings. The topological polar surface area (TPSA) is 35.5 Å². The molecule has 0 aliphatic heterocycles. The van der Waals surface area contributed by atoms with Gasteiger partial charge in [0.1, 0.15) is 0 Å². The molecule has 1 aliphatic carbocycles. The number of methoxy groups -OCH3 is 1. The minimum absolute atomic E-state index is 0.289. The fourth-order valence-electron chi connectivity index (χ4n) is 1.89. The van der Waals surface area contributed by atoms with Crippen molar-refractivity contribution in [1.82, 2.24) is 0 Å². The van der Waals surface area contributed by atoms with Gasteiger partial charge in [-0.2, -0.15) is 0 Å². The van der Waals surface area contributed by atoms with Gasteiger partial charge in [-0.3, -0.25) is 0 Å². The second-order valence-corrected chi connectivity index (χ2v) is 4.60. The van der Waals surface area contributed by atoms with Crippen molar-refractivity contribution in [3.63, 3.8) is 0 Å². The van der Waals surface area contributed by atoms with Gasteiger partial charge in [-0.15, -0.1) is 0 Å². The lowest BCUT2D eigenvalue weighted by atomic mass is 9.85. The quantitative estimate of drug-likeness (QED) is 0.320. The molecular weight excluding hydrogens is 216 g/mol. The number of hydrogen-bond acceptors (Lipinski definition) is 3. The number of rotatable bonds is 5. The summed E-state index contributed by atoms with van der Waals surface area (Å²) in [6.45, 7) is 5.23. The molecule has 0 bridgehead atoms. The van der Waals surface area contributed by atoms with E-state index in [1.807, 2.05) is 0 Å². The van der Waals surface area contributed by atoms with E-state index in [0.29, 0.717) is 24.0 Å². The molecule has 17 heavy (non-hydrogen) atoms. The number of carbonyl (C=O) groups is 1. The molecule has 0 N–H and O–H groups in total. The monoisotopic (exact) mass is 238 g/mol. The van der Waals surface area contributed by atoms with Crippen LogP contribution in [0.5, 0.6) is 0 Å². The van der Waals surface area contributed by atoms with Gasteiger partial charge >= 0.3 is 5.97 Å². The van der Waals surface area contributed by atoms with Crippen LogP contribution in [0.2, 0.25) is 0 Å². The van der Waals surface area contributed by atoms with Crippen molar-refractivity contribution in [2.45, 2.75) is 26.7 Å². The Labute approximate surface area is 103 Å². The lowest BCUT2D eigenvalue weighted by molar-refractivity contribution is -0.136. The number of ether oxygens (including phenoxy) is 2. The molecule has 2 unspecified atom stereocenters. The van der Waals surface area contributed by atoms with Crippen LogP contribution in [0.3, 0.4) is 0 Å². The minimum Gasteiger partial charge on any atom is -0.466 e. The van der Waals surface area contributed by atoms with Gasteiger partial charge in [-0.25, -0.2) is 4.79 Å². The van der Waals surface area contributed by atoms with Crippen molar-refractivity contribution in [3.05, 3.63) is 23.8 Å². The van der Waals surface area contributed by atoms with E-state index < -0.39 is 0 Å². The van der Waals surface area contributed by atoms with Crippen molar-refractivity contribution >= 4 is 5.97 Å². The summed E-state index contributed by atoms with van der Waals surface area (Å²) in [4.78, 5) is 11.1. The Morgan fingerprint density at radius 1 is 1.41 bits per heavy atom. The van der Waals surface area contributed by atoms with Gasteiger partial charge in [0.15, 0.2) is 0 Å². The van der Waals surface area contributed by atoms with E-state index in [4.69, 9.17) is 4.74 Å². The summed E-state index contributed by atoms with van der Waals surface area (Å²) in [5.41, 5.74) is 0.601. The molecule has 0 saturated carbocycles. The van der Waals surface area contributed by atoms with Gasteiger partial charge in [0, 0.05) is 5.57 Å². The molecule has 0 fully saturated rings.